The number of aliphatic imine (C=N–C) groups is 1. The third-order valence-electron chi connectivity index (χ3n) is 5.06. The minimum absolute atomic E-state index is 0.171. The van der Waals surface area contributed by atoms with Gasteiger partial charge in [0.1, 0.15) is 21.8 Å². The molecule has 0 fully saturated rings. The molecule has 6 nitrogen and oxygen atoms in total. The summed E-state index contributed by atoms with van der Waals surface area (Å²) in [4.78, 5) is 23.3. The van der Waals surface area contributed by atoms with Crippen LogP contribution in [0.4, 0.5) is 4.39 Å². The maximum atomic E-state index is 13.2. The predicted octanol–water partition coefficient (Wildman–Crippen LogP) is 2.75. The van der Waals surface area contributed by atoms with Gasteiger partial charge in [-0.2, -0.15) is 0 Å². The maximum absolute atomic E-state index is 13.2. The van der Waals surface area contributed by atoms with E-state index >= 15 is 0 Å². The lowest BCUT2D eigenvalue weighted by atomic mass is 9.75. The molecule has 4 rings (SSSR count). The van der Waals surface area contributed by atoms with Crippen molar-refractivity contribution < 1.29 is 13.9 Å². The van der Waals surface area contributed by atoms with Crippen LogP contribution in [-0.2, 0) is 16.8 Å². The van der Waals surface area contributed by atoms with E-state index in [2.05, 4.69) is 25.9 Å². The van der Waals surface area contributed by atoms with Crippen molar-refractivity contribution in [2.24, 2.45) is 10.7 Å². The number of carbonyl (C=O) groups is 1. The van der Waals surface area contributed by atoms with Crippen molar-refractivity contribution >= 4 is 27.8 Å². The van der Waals surface area contributed by atoms with Crippen molar-refractivity contribution in [3.8, 4) is 5.75 Å². The van der Waals surface area contributed by atoms with E-state index in [1.807, 2.05) is 6.92 Å². The molecule has 1 unspecified atom stereocenters. The van der Waals surface area contributed by atoms with E-state index in [0.717, 1.165) is 5.56 Å². The van der Waals surface area contributed by atoms with Crippen LogP contribution < -0.4 is 10.5 Å². The Balaban J connectivity index is 1.81. The van der Waals surface area contributed by atoms with Gasteiger partial charge in [-0.3, -0.25) is 9.69 Å². The van der Waals surface area contributed by atoms with E-state index in [-0.39, 0.29) is 17.7 Å². The van der Waals surface area contributed by atoms with Gasteiger partial charge in [0.15, 0.2) is 11.5 Å². The number of rotatable bonds is 2. The smallest absolute Gasteiger partial charge is 0.261 e. The zero-order valence-electron chi connectivity index (χ0n) is 14.9. The van der Waals surface area contributed by atoms with E-state index in [4.69, 9.17) is 10.5 Å². The number of guanidine groups is 1. The van der Waals surface area contributed by atoms with Crippen LogP contribution in [0.1, 0.15) is 24.5 Å². The number of halogens is 2. The number of nitrogens with zero attached hydrogens (tertiary/aromatic N) is 3. The van der Waals surface area contributed by atoms with Gasteiger partial charge in [0.25, 0.3) is 5.91 Å². The van der Waals surface area contributed by atoms with Gasteiger partial charge in [0, 0.05) is 25.5 Å². The molecule has 27 heavy (non-hydrogen) atoms. The molecule has 1 amide bonds. The molecule has 1 aromatic heterocycles. The Labute approximate surface area is 164 Å². The monoisotopic (exact) mass is 432 g/mol. The standard InChI is InChI=1S/C19H18BrFN4O2/c1-18(8-11-3-5-12(21)6-4-11)10-19(16(26)25(2)17(22)24-19)13-7-15(20)23-9-14(13)27-18/h3-7,9H,8,10H2,1-2H3,(H2,22,24)/t18-,19?/m0/s1. The minimum atomic E-state index is -1.16. The summed E-state index contributed by atoms with van der Waals surface area (Å²) in [7, 11) is 1.61. The van der Waals surface area contributed by atoms with Gasteiger partial charge in [0.2, 0.25) is 0 Å². The van der Waals surface area contributed by atoms with E-state index in [1.54, 1.807) is 31.4 Å². The van der Waals surface area contributed by atoms with Crippen molar-refractivity contribution in [2.75, 3.05) is 7.05 Å². The Morgan fingerprint density at radius 1 is 1.37 bits per heavy atom. The highest BCUT2D eigenvalue weighted by Gasteiger charge is 2.56. The third-order valence-corrected chi connectivity index (χ3v) is 5.50. The molecule has 2 aliphatic rings. The molecule has 0 radical (unpaired) electrons. The van der Waals surface area contributed by atoms with Crippen molar-refractivity contribution in [2.45, 2.75) is 30.9 Å². The topological polar surface area (TPSA) is 80.8 Å². The van der Waals surface area contributed by atoms with Crippen LogP contribution in [0.5, 0.6) is 5.75 Å². The Morgan fingerprint density at radius 3 is 2.70 bits per heavy atom. The first kappa shape index (κ1) is 17.9. The minimum Gasteiger partial charge on any atom is -0.485 e. The van der Waals surface area contributed by atoms with Crippen LogP contribution >= 0.6 is 15.9 Å². The third kappa shape index (κ3) is 2.88. The Kier molecular flexibility index (Phi) is 3.99. The fourth-order valence-corrected chi connectivity index (χ4v) is 4.21. The molecule has 1 spiro atoms. The molecule has 2 atom stereocenters. The number of carbonyl (C=O) groups excluding carboxylic acids is 1. The molecular formula is C19H18BrFN4O2. The number of ether oxygens (including phenoxy) is 1. The van der Waals surface area contributed by atoms with Crippen LogP contribution in [0.2, 0.25) is 0 Å². The Hall–Kier alpha value is -2.48. The summed E-state index contributed by atoms with van der Waals surface area (Å²) in [6.45, 7) is 1.92. The van der Waals surface area contributed by atoms with Crippen LogP contribution in [0.25, 0.3) is 0 Å². The Morgan fingerprint density at radius 2 is 2.07 bits per heavy atom. The van der Waals surface area contributed by atoms with Crippen molar-refractivity contribution in [3.05, 3.63) is 58.1 Å². The molecule has 0 saturated heterocycles. The molecule has 0 bridgehead atoms. The van der Waals surface area contributed by atoms with E-state index in [9.17, 15) is 9.18 Å². The molecule has 0 saturated carbocycles. The number of hydrogen-bond acceptors (Lipinski definition) is 5. The molecule has 140 valence electrons. The second kappa shape index (κ2) is 6.02. The number of hydrogen-bond donors (Lipinski definition) is 1. The predicted molar refractivity (Wildman–Crippen MR) is 102 cm³/mol. The second-order valence-electron chi connectivity index (χ2n) is 7.23. The van der Waals surface area contributed by atoms with E-state index in [1.165, 1.54) is 17.0 Å². The quantitative estimate of drug-likeness (QED) is 0.739. The summed E-state index contributed by atoms with van der Waals surface area (Å²) in [5, 5.41) is 0. The van der Waals surface area contributed by atoms with Crippen molar-refractivity contribution in [1.29, 1.82) is 0 Å². The summed E-state index contributed by atoms with van der Waals surface area (Å²) >= 11 is 3.35. The van der Waals surface area contributed by atoms with Gasteiger partial charge in [-0.05, 0) is 46.6 Å². The summed E-state index contributed by atoms with van der Waals surface area (Å²) < 4.78 is 20.1. The average Bonchev–Trinajstić information content (AvgIpc) is 2.82. The van der Waals surface area contributed by atoms with Crippen LogP contribution in [-0.4, -0.2) is 34.4 Å². The second-order valence-corrected chi connectivity index (χ2v) is 8.04. The fourth-order valence-electron chi connectivity index (χ4n) is 3.88. The van der Waals surface area contributed by atoms with E-state index < -0.39 is 11.1 Å². The van der Waals surface area contributed by atoms with Gasteiger partial charge in [-0.15, -0.1) is 0 Å². The first-order valence-electron chi connectivity index (χ1n) is 8.45. The first-order valence-corrected chi connectivity index (χ1v) is 9.25. The highest BCUT2D eigenvalue weighted by molar-refractivity contribution is 9.10. The highest BCUT2D eigenvalue weighted by atomic mass is 79.9. The van der Waals surface area contributed by atoms with Crippen molar-refractivity contribution in [3.63, 3.8) is 0 Å². The van der Waals surface area contributed by atoms with Crippen LogP contribution in [0.3, 0.4) is 0 Å². The normalized spacial score (nSPS) is 26.7. The fraction of sp³-hybridized carbons (Fsp3) is 0.316. The first-order chi connectivity index (χ1) is 12.7. The van der Waals surface area contributed by atoms with Gasteiger partial charge < -0.3 is 10.5 Å². The number of likely N-dealkylation sites (N-methyl/N-ethyl adjacent to an activating group) is 1. The number of fused-ring (bicyclic) bond motifs is 2. The van der Waals surface area contributed by atoms with E-state index in [0.29, 0.717) is 28.8 Å². The maximum Gasteiger partial charge on any atom is 0.261 e. The number of nitrogens with two attached hydrogens (primary N) is 1. The summed E-state index contributed by atoms with van der Waals surface area (Å²) in [6, 6.07) is 8.00. The van der Waals surface area contributed by atoms with Gasteiger partial charge >= 0.3 is 0 Å². The molecule has 2 N–H and O–H groups in total. The lowest BCUT2D eigenvalue weighted by Gasteiger charge is -2.43. The zero-order valence-corrected chi connectivity index (χ0v) is 16.5. The molecule has 2 aromatic rings. The summed E-state index contributed by atoms with van der Waals surface area (Å²) in [6.07, 6.45) is 2.38. The summed E-state index contributed by atoms with van der Waals surface area (Å²) in [5.41, 5.74) is 5.61. The van der Waals surface area contributed by atoms with Crippen molar-refractivity contribution in [1.82, 2.24) is 9.88 Å². The lowest BCUT2D eigenvalue weighted by molar-refractivity contribution is -0.133. The largest absolute Gasteiger partial charge is 0.485 e. The molecular weight excluding hydrogens is 415 g/mol. The van der Waals surface area contributed by atoms with Gasteiger partial charge in [-0.25, -0.2) is 14.4 Å². The lowest BCUT2D eigenvalue weighted by Crippen LogP contribution is -2.51. The number of aromatic nitrogens is 1. The average molecular weight is 433 g/mol. The number of amides is 1. The molecule has 1 aromatic carbocycles. The molecule has 3 heterocycles. The number of benzene rings is 1. The highest BCUT2D eigenvalue weighted by Crippen LogP contribution is 2.50. The zero-order chi connectivity index (χ0) is 19.4. The van der Waals surface area contributed by atoms with Gasteiger partial charge in [0.05, 0.1) is 6.20 Å². The van der Waals surface area contributed by atoms with Crippen LogP contribution in [0, 0.1) is 5.82 Å². The number of pyridine rings is 1. The molecule has 8 heteroatoms. The van der Waals surface area contributed by atoms with Crippen LogP contribution in [0.15, 0.2) is 46.1 Å². The molecule has 2 aliphatic heterocycles. The van der Waals surface area contributed by atoms with Gasteiger partial charge in [-0.1, -0.05) is 12.1 Å². The molecule has 0 aliphatic carbocycles. The Bertz CT molecular complexity index is 965. The SMILES string of the molecule is CN1C(=O)C2(C[C@](C)(Cc3ccc(F)cc3)Oc3cnc(Br)cc32)N=C1N. The summed E-state index contributed by atoms with van der Waals surface area (Å²) in [5.74, 6) is 0.168.